The Morgan fingerprint density at radius 3 is 2.11 bits per heavy atom. The van der Waals surface area contributed by atoms with Gasteiger partial charge in [0.2, 0.25) is 5.91 Å². The topological polar surface area (TPSA) is 32.3 Å². The fraction of sp³-hybridized carbons (Fsp3) is 0.519. The zero-order chi connectivity index (χ0) is 27.0. The van der Waals surface area contributed by atoms with E-state index in [1.165, 1.54) is 25.8 Å². The Balaban J connectivity index is 0.000000255. The van der Waals surface area contributed by atoms with Gasteiger partial charge < -0.3 is 23.6 Å². The fourth-order valence-electron chi connectivity index (χ4n) is 5.14. The predicted octanol–water partition coefficient (Wildman–Crippen LogP) is 6.69. The molecule has 3 aliphatic rings. The number of nitrogens with zero attached hydrogens (tertiary/aromatic N) is 1. The summed E-state index contributed by atoms with van der Waals surface area (Å²) in [5.41, 5.74) is -2.52. The molecule has 0 saturated carbocycles. The van der Waals surface area contributed by atoms with E-state index in [1.807, 2.05) is 6.07 Å². The molecular formula is C27H32F6N2OU. The van der Waals surface area contributed by atoms with Crippen molar-refractivity contribution in [1.82, 2.24) is 10.2 Å². The summed E-state index contributed by atoms with van der Waals surface area (Å²) in [6, 6.07) is 10.5. The van der Waals surface area contributed by atoms with Crippen LogP contribution in [0.3, 0.4) is 0 Å². The largest absolute Gasteiger partial charge is 2.00 e. The maximum absolute atomic E-state index is 12.5. The third-order valence-electron chi connectivity index (χ3n) is 7.57. The van der Waals surface area contributed by atoms with Crippen LogP contribution in [0.1, 0.15) is 51.5 Å². The Morgan fingerprint density at radius 1 is 1.03 bits per heavy atom. The van der Waals surface area contributed by atoms with Gasteiger partial charge in [-0.25, -0.2) is 0 Å². The molecule has 0 aromatic heterocycles. The second kappa shape index (κ2) is 11.5. The first-order chi connectivity index (χ1) is 16.5. The quantitative estimate of drug-likeness (QED) is 0.270. The van der Waals surface area contributed by atoms with Crippen LogP contribution >= 0.6 is 0 Å². The van der Waals surface area contributed by atoms with Crippen LogP contribution in [0.25, 0.3) is 0 Å². The van der Waals surface area contributed by atoms with Crippen LogP contribution in [0.5, 0.6) is 0 Å². The number of alkyl halides is 6. The van der Waals surface area contributed by atoms with E-state index in [2.05, 4.69) is 48.5 Å². The third kappa shape index (κ3) is 7.45. The van der Waals surface area contributed by atoms with Gasteiger partial charge in [-0.05, 0) is 32.4 Å². The van der Waals surface area contributed by atoms with Crippen LogP contribution in [0, 0.1) is 49.9 Å². The first-order valence-electron chi connectivity index (χ1n) is 11.8. The van der Waals surface area contributed by atoms with Gasteiger partial charge in [-0.15, -0.1) is 5.41 Å². The number of rotatable bonds is 2. The second-order valence-corrected chi connectivity index (χ2v) is 10.3. The standard InChI is InChI=1S/C16H21N2O.C11H11F6.U/c1-15(13-6-4-3-5-7-13)10-11-16(12-18(15)2)9-8-14(19)17-16;1-3-9(2)5-7(10(12,13)14)4-8(6-9)11(15,16)17;/h3-7H,1,8-12H2,2H3,(H,17,19);3-5H,6H2,1-2H3;/q2*-1;+2/t15-,16+;;/m0../s1. The molecule has 2 fully saturated rings. The van der Waals surface area contributed by atoms with E-state index >= 15 is 0 Å². The molecule has 1 spiro atoms. The first-order valence-corrected chi connectivity index (χ1v) is 11.8. The van der Waals surface area contributed by atoms with Crippen molar-refractivity contribution in [1.29, 1.82) is 0 Å². The zero-order valence-corrected chi connectivity index (χ0v) is 25.4. The molecule has 0 bridgehead atoms. The zero-order valence-electron chi connectivity index (χ0n) is 21.2. The second-order valence-electron chi connectivity index (χ2n) is 10.3. The van der Waals surface area contributed by atoms with Gasteiger partial charge in [0.05, 0.1) is 5.54 Å². The van der Waals surface area contributed by atoms with Crippen LogP contribution in [-0.2, 0) is 10.3 Å². The minimum absolute atomic E-state index is 0. The number of likely N-dealkylation sites (N-methyl/N-ethyl adjacent to an activating group) is 1. The van der Waals surface area contributed by atoms with Crippen molar-refractivity contribution in [2.75, 3.05) is 13.6 Å². The maximum Gasteiger partial charge on any atom is 2.00 e. The number of likely N-dealkylation sites (tertiary alicyclic amines) is 1. The molecule has 2 aliphatic heterocycles. The molecule has 1 unspecified atom stereocenters. The summed E-state index contributed by atoms with van der Waals surface area (Å²) in [7, 11) is 2.12. The van der Waals surface area contributed by atoms with Crippen molar-refractivity contribution in [3.05, 3.63) is 72.5 Å². The molecule has 1 amide bonds. The Kier molecular flexibility index (Phi) is 9.92. The van der Waals surface area contributed by atoms with Gasteiger partial charge in [-0.3, -0.25) is 4.79 Å². The molecule has 0 radical (unpaired) electrons. The fourth-order valence-corrected chi connectivity index (χ4v) is 5.14. The van der Waals surface area contributed by atoms with Crippen LogP contribution < -0.4 is 5.32 Å². The maximum atomic E-state index is 12.5. The number of amides is 1. The minimum atomic E-state index is -4.76. The number of hydrogen-bond donors (Lipinski definition) is 1. The van der Waals surface area contributed by atoms with E-state index in [1.54, 1.807) is 0 Å². The van der Waals surface area contributed by atoms with Gasteiger partial charge >= 0.3 is 43.5 Å². The number of allylic oxidation sites excluding steroid dienone is 4. The number of carbonyl (C=O) groups excluding carboxylic acids is 1. The Hall–Kier alpha value is -1.24. The number of nitrogens with one attached hydrogen (secondary N) is 1. The summed E-state index contributed by atoms with van der Waals surface area (Å²) in [6.07, 6.45) is -3.96. The Morgan fingerprint density at radius 2 is 1.65 bits per heavy atom. The molecule has 1 aromatic carbocycles. The molecule has 3 atom stereocenters. The van der Waals surface area contributed by atoms with Gasteiger partial charge in [0.15, 0.2) is 0 Å². The Bertz CT molecular complexity index is 1020. The SMILES string of the molecule is C[CH-]C1(C)C=C(C(F)(F)F)C=C(C(F)(F)F)C1.[CH2-][C@@]1(c2ccccc2)CC[C@]2(CCC(=O)N2)CN1C.[U+2]. The van der Waals surface area contributed by atoms with Crippen molar-refractivity contribution in [2.45, 2.75) is 69.4 Å². The van der Waals surface area contributed by atoms with E-state index in [0.29, 0.717) is 6.42 Å². The normalized spacial score (nSPS) is 30.5. The molecular weight excluding hydrogens is 720 g/mol. The smallest absolute Gasteiger partial charge is 0.349 e. The third-order valence-corrected chi connectivity index (χ3v) is 7.57. The molecule has 37 heavy (non-hydrogen) atoms. The summed E-state index contributed by atoms with van der Waals surface area (Å²) in [6.45, 7) is 8.15. The average Bonchev–Trinajstić information content (AvgIpc) is 3.16. The number of piperidine rings is 1. The number of benzene rings is 1. The van der Waals surface area contributed by atoms with E-state index in [-0.39, 0.29) is 54.2 Å². The predicted molar refractivity (Wildman–Crippen MR) is 126 cm³/mol. The molecule has 4 rings (SSSR count). The van der Waals surface area contributed by atoms with Crippen molar-refractivity contribution in [2.24, 2.45) is 5.41 Å². The summed E-state index contributed by atoms with van der Waals surface area (Å²) < 4.78 is 75.0. The molecule has 1 N–H and O–H groups in total. The van der Waals surface area contributed by atoms with Crippen LogP contribution in [0.2, 0.25) is 0 Å². The minimum Gasteiger partial charge on any atom is -0.349 e. The molecule has 1 aliphatic carbocycles. The monoisotopic (exact) mass is 752 g/mol. The van der Waals surface area contributed by atoms with E-state index < -0.39 is 35.3 Å². The van der Waals surface area contributed by atoms with E-state index in [9.17, 15) is 31.1 Å². The van der Waals surface area contributed by atoms with Crippen LogP contribution in [0.15, 0.2) is 53.6 Å². The van der Waals surface area contributed by atoms with Crippen LogP contribution in [0.4, 0.5) is 26.3 Å². The number of carbonyl (C=O) groups is 1. The average molecular weight is 753 g/mol. The van der Waals surface area contributed by atoms with Gasteiger partial charge in [0.1, 0.15) is 0 Å². The molecule has 3 nitrogen and oxygen atoms in total. The van der Waals surface area contributed by atoms with Crippen molar-refractivity contribution in [3.8, 4) is 0 Å². The summed E-state index contributed by atoms with van der Waals surface area (Å²) in [4.78, 5) is 13.8. The molecule has 2 saturated heterocycles. The molecule has 10 heteroatoms. The summed E-state index contributed by atoms with van der Waals surface area (Å²) in [5.74, 6) is 0.199. The van der Waals surface area contributed by atoms with Crippen molar-refractivity contribution < 1.29 is 62.3 Å². The molecule has 202 valence electrons. The van der Waals surface area contributed by atoms with Gasteiger partial charge in [-0.1, -0.05) is 60.9 Å². The van der Waals surface area contributed by atoms with Gasteiger partial charge in [-0.2, -0.15) is 33.3 Å². The van der Waals surface area contributed by atoms with Crippen LogP contribution in [-0.4, -0.2) is 42.3 Å². The van der Waals surface area contributed by atoms with E-state index in [4.69, 9.17) is 0 Å². The summed E-state index contributed by atoms with van der Waals surface area (Å²) in [5, 5.41) is 3.18. The Labute approximate surface area is 238 Å². The molecule has 2 heterocycles. The number of hydrogen-bond acceptors (Lipinski definition) is 2. The number of halogens is 6. The van der Waals surface area contributed by atoms with Gasteiger partial charge in [0, 0.05) is 24.1 Å². The molecule has 1 aromatic rings. The van der Waals surface area contributed by atoms with Gasteiger partial charge in [0.25, 0.3) is 0 Å². The first kappa shape index (κ1) is 32.0. The van der Waals surface area contributed by atoms with Crippen molar-refractivity contribution in [3.63, 3.8) is 0 Å². The van der Waals surface area contributed by atoms with E-state index in [0.717, 1.165) is 31.9 Å². The summed E-state index contributed by atoms with van der Waals surface area (Å²) >= 11 is 0. The van der Waals surface area contributed by atoms with Crippen molar-refractivity contribution >= 4 is 5.91 Å².